The molecule has 0 aliphatic carbocycles. The number of hydrogen-bond donors (Lipinski definition) is 0. The van der Waals surface area contributed by atoms with Crippen LogP contribution in [0.25, 0.3) is 0 Å². The second-order valence-corrected chi connectivity index (χ2v) is 9.96. The van der Waals surface area contributed by atoms with Gasteiger partial charge in [0.2, 0.25) is 11.7 Å². The van der Waals surface area contributed by atoms with Gasteiger partial charge in [0.15, 0.2) is 0 Å². The number of amides is 2. The minimum atomic E-state index is -0.550. The van der Waals surface area contributed by atoms with Crippen LogP contribution in [0.1, 0.15) is 48.0 Å². The molecule has 0 unspecified atom stereocenters. The van der Waals surface area contributed by atoms with Crippen molar-refractivity contribution in [3.63, 3.8) is 0 Å². The maximum Gasteiger partial charge on any atom is 0.292 e. The van der Waals surface area contributed by atoms with E-state index in [0.29, 0.717) is 43.4 Å². The number of aromatic nitrogens is 1. The molecule has 3 aromatic rings. The lowest BCUT2D eigenvalue weighted by atomic mass is 9.77. The first-order valence-electron chi connectivity index (χ1n) is 12.3. The van der Waals surface area contributed by atoms with E-state index in [1.807, 2.05) is 56.4 Å². The van der Waals surface area contributed by atoms with Crippen LogP contribution < -0.4 is 4.74 Å². The number of carbonyl (C=O) groups excluding carboxylic acids is 2. The van der Waals surface area contributed by atoms with Gasteiger partial charge in [0, 0.05) is 49.6 Å². The lowest BCUT2D eigenvalue weighted by Crippen LogP contribution is -2.50. The average molecular weight is 510 g/mol. The number of hydrogen-bond acceptors (Lipinski definition) is 5. The summed E-state index contributed by atoms with van der Waals surface area (Å²) < 4.78 is 11.5. The highest BCUT2D eigenvalue weighted by Crippen LogP contribution is 2.36. The lowest BCUT2D eigenvalue weighted by Gasteiger charge is -2.42. The Bertz CT molecular complexity index is 1180. The van der Waals surface area contributed by atoms with Gasteiger partial charge in [-0.25, -0.2) is 0 Å². The van der Waals surface area contributed by atoms with Gasteiger partial charge in [-0.05, 0) is 43.0 Å². The zero-order chi connectivity index (χ0) is 25.5. The fourth-order valence-electron chi connectivity index (χ4n) is 4.62. The van der Waals surface area contributed by atoms with E-state index in [-0.39, 0.29) is 24.0 Å². The summed E-state index contributed by atoms with van der Waals surface area (Å²) in [4.78, 5) is 30.1. The predicted molar refractivity (Wildman–Crippen MR) is 138 cm³/mol. The van der Waals surface area contributed by atoms with Gasteiger partial charge in [-0.3, -0.25) is 9.59 Å². The molecule has 0 bridgehead atoms. The molecule has 1 aliphatic heterocycles. The Morgan fingerprint density at radius 1 is 1.17 bits per heavy atom. The van der Waals surface area contributed by atoms with Crippen molar-refractivity contribution in [2.24, 2.45) is 5.41 Å². The standard InChI is InChI=1S/C28H32ClN3O4/c1-3-23-16-25(36-30-23)27(34)32-14-8-13-28(19-32,20-35-24-12-7-11-22(29)15-24)17-26(33)31(2)18-21-9-5-4-6-10-21/h4-7,9-12,15-16H,3,8,13-14,17-20H2,1-2H3/t28-/m1/s1. The quantitative estimate of drug-likeness (QED) is 0.394. The fraction of sp³-hybridized carbons (Fsp3) is 0.393. The van der Waals surface area contributed by atoms with E-state index >= 15 is 0 Å². The number of nitrogens with zero attached hydrogens (tertiary/aromatic N) is 3. The molecule has 1 saturated heterocycles. The number of rotatable bonds is 9. The minimum Gasteiger partial charge on any atom is -0.493 e. The Labute approximate surface area is 217 Å². The van der Waals surface area contributed by atoms with Crippen LogP contribution in [-0.4, -0.2) is 53.5 Å². The molecule has 0 spiro atoms. The molecule has 1 fully saturated rings. The highest BCUT2D eigenvalue weighted by atomic mass is 35.5. The van der Waals surface area contributed by atoms with E-state index < -0.39 is 5.41 Å². The van der Waals surface area contributed by atoms with Gasteiger partial charge in [0.1, 0.15) is 5.75 Å². The van der Waals surface area contributed by atoms with E-state index in [0.717, 1.165) is 24.1 Å². The minimum absolute atomic E-state index is 0.00998. The maximum absolute atomic E-state index is 13.4. The van der Waals surface area contributed by atoms with Crippen molar-refractivity contribution in [1.29, 1.82) is 0 Å². The number of likely N-dealkylation sites (tertiary alicyclic amines) is 1. The summed E-state index contributed by atoms with van der Waals surface area (Å²) in [6.07, 6.45) is 2.47. The van der Waals surface area contributed by atoms with Crippen molar-refractivity contribution in [1.82, 2.24) is 15.0 Å². The van der Waals surface area contributed by atoms with Gasteiger partial charge < -0.3 is 19.1 Å². The van der Waals surface area contributed by atoms with Gasteiger partial charge in [-0.15, -0.1) is 0 Å². The first-order valence-corrected chi connectivity index (χ1v) is 12.7. The number of halogens is 1. The topological polar surface area (TPSA) is 75.9 Å². The van der Waals surface area contributed by atoms with Crippen LogP contribution in [0.15, 0.2) is 65.2 Å². The predicted octanol–water partition coefficient (Wildman–Crippen LogP) is 5.24. The molecule has 8 heteroatoms. The third kappa shape index (κ3) is 6.46. The zero-order valence-corrected chi connectivity index (χ0v) is 21.5. The van der Waals surface area contributed by atoms with E-state index in [1.54, 1.807) is 28.0 Å². The molecule has 36 heavy (non-hydrogen) atoms. The van der Waals surface area contributed by atoms with E-state index in [4.69, 9.17) is 20.9 Å². The molecule has 2 heterocycles. The Kier molecular flexibility index (Phi) is 8.31. The Morgan fingerprint density at radius 3 is 2.69 bits per heavy atom. The molecule has 0 N–H and O–H groups in total. The number of piperidine rings is 1. The number of aryl methyl sites for hydroxylation is 1. The highest BCUT2D eigenvalue weighted by molar-refractivity contribution is 6.30. The van der Waals surface area contributed by atoms with Gasteiger partial charge in [-0.1, -0.05) is 60.1 Å². The van der Waals surface area contributed by atoms with Crippen LogP contribution in [0, 0.1) is 5.41 Å². The van der Waals surface area contributed by atoms with Crippen molar-refractivity contribution in [3.8, 4) is 5.75 Å². The average Bonchev–Trinajstić information content (AvgIpc) is 3.37. The second kappa shape index (κ2) is 11.6. The Morgan fingerprint density at radius 2 is 1.97 bits per heavy atom. The summed E-state index contributed by atoms with van der Waals surface area (Å²) in [5, 5.41) is 4.54. The molecule has 2 aromatic carbocycles. The van der Waals surface area contributed by atoms with Gasteiger partial charge in [-0.2, -0.15) is 0 Å². The van der Waals surface area contributed by atoms with E-state index in [9.17, 15) is 9.59 Å². The smallest absolute Gasteiger partial charge is 0.292 e. The summed E-state index contributed by atoms with van der Waals surface area (Å²) in [6, 6.07) is 18.8. The molecule has 1 aliphatic rings. The lowest BCUT2D eigenvalue weighted by molar-refractivity contribution is -0.134. The Balaban J connectivity index is 1.52. The number of benzene rings is 2. The maximum atomic E-state index is 13.4. The van der Waals surface area contributed by atoms with Gasteiger partial charge in [0.05, 0.1) is 12.3 Å². The molecule has 0 radical (unpaired) electrons. The molecule has 4 rings (SSSR count). The van der Waals surface area contributed by atoms with Crippen LogP contribution in [-0.2, 0) is 17.8 Å². The van der Waals surface area contributed by atoms with Gasteiger partial charge >= 0.3 is 0 Å². The van der Waals surface area contributed by atoms with Crippen molar-refractivity contribution in [2.75, 3.05) is 26.7 Å². The van der Waals surface area contributed by atoms with Crippen molar-refractivity contribution in [3.05, 3.63) is 82.7 Å². The van der Waals surface area contributed by atoms with Crippen LogP contribution >= 0.6 is 11.6 Å². The van der Waals surface area contributed by atoms with Crippen LogP contribution in [0.3, 0.4) is 0 Å². The summed E-state index contributed by atoms with van der Waals surface area (Å²) in [5.74, 6) is 0.666. The number of carbonyl (C=O) groups is 2. The van der Waals surface area contributed by atoms with Crippen molar-refractivity contribution < 1.29 is 18.8 Å². The number of ether oxygens (including phenoxy) is 1. The van der Waals surface area contributed by atoms with Crippen molar-refractivity contribution in [2.45, 2.75) is 39.2 Å². The van der Waals surface area contributed by atoms with E-state index in [1.165, 1.54) is 0 Å². The SMILES string of the molecule is CCc1cc(C(=O)N2CCC[C@@](COc3cccc(Cl)c3)(CC(=O)N(C)Cc3ccccc3)C2)on1. The summed E-state index contributed by atoms with van der Waals surface area (Å²) in [6.45, 7) is 3.75. The third-order valence-corrected chi connectivity index (χ3v) is 6.87. The molecule has 190 valence electrons. The monoisotopic (exact) mass is 509 g/mol. The summed E-state index contributed by atoms with van der Waals surface area (Å²) >= 11 is 6.14. The Hall–Kier alpha value is -3.32. The second-order valence-electron chi connectivity index (χ2n) is 9.52. The van der Waals surface area contributed by atoms with Crippen LogP contribution in [0.5, 0.6) is 5.75 Å². The third-order valence-electron chi connectivity index (χ3n) is 6.64. The van der Waals surface area contributed by atoms with E-state index in [2.05, 4.69) is 5.16 Å². The van der Waals surface area contributed by atoms with Crippen LogP contribution in [0.4, 0.5) is 0 Å². The molecule has 2 amide bonds. The molecular weight excluding hydrogens is 478 g/mol. The molecule has 1 aromatic heterocycles. The first-order chi connectivity index (χ1) is 17.4. The first kappa shape index (κ1) is 25.8. The fourth-order valence-corrected chi connectivity index (χ4v) is 4.80. The molecule has 0 saturated carbocycles. The van der Waals surface area contributed by atoms with Crippen molar-refractivity contribution >= 4 is 23.4 Å². The summed E-state index contributed by atoms with van der Waals surface area (Å²) in [5.41, 5.74) is 1.25. The van der Waals surface area contributed by atoms with Crippen LogP contribution in [0.2, 0.25) is 5.02 Å². The van der Waals surface area contributed by atoms with Gasteiger partial charge in [0.25, 0.3) is 5.91 Å². The molecule has 7 nitrogen and oxygen atoms in total. The largest absolute Gasteiger partial charge is 0.493 e. The molecule has 1 atom stereocenters. The highest BCUT2D eigenvalue weighted by Gasteiger charge is 2.41. The zero-order valence-electron chi connectivity index (χ0n) is 20.8. The summed E-state index contributed by atoms with van der Waals surface area (Å²) in [7, 11) is 1.81. The normalized spacial score (nSPS) is 17.6. The molecular formula is C28H32ClN3O4.